The van der Waals surface area contributed by atoms with Gasteiger partial charge in [0, 0.05) is 18.4 Å². The van der Waals surface area contributed by atoms with Crippen molar-refractivity contribution < 1.29 is 23.9 Å². The number of benzene rings is 2. The second kappa shape index (κ2) is 11.6. The minimum Gasteiger partial charge on any atom is -0.494 e. The van der Waals surface area contributed by atoms with Crippen LogP contribution in [0.2, 0.25) is 0 Å². The Morgan fingerprint density at radius 3 is 2.10 bits per heavy atom. The molecule has 2 rings (SSSR count). The molecular formula is C23H28N2O5. The maximum Gasteiger partial charge on any atom is 0.276 e. The first kappa shape index (κ1) is 22.9. The summed E-state index contributed by atoms with van der Waals surface area (Å²) in [5.41, 5.74) is 6.95. The molecule has 0 spiro atoms. The number of amides is 2. The minimum atomic E-state index is -0.486. The van der Waals surface area contributed by atoms with Crippen LogP contribution in [0.25, 0.3) is 0 Å². The van der Waals surface area contributed by atoms with E-state index in [2.05, 4.69) is 10.9 Å². The number of rotatable bonds is 10. The van der Waals surface area contributed by atoms with Crippen LogP contribution >= 0.6 is 0 Å². The molecule has 7 heteroatoms. The van der Waals surface area contributed by atoms with Crippen LogP contribution in [-0.4, -0.2) is 30.8 Å². The Bertz CT molecular complexity index is 857. The van der Waals surface area contributed by atoms with Gasteiger partial charge in [-0.15, -0.1) is 0 Å². The standard InChI is InChI=1S/C23H28N2O5/c1-4-14-29-19-10-8-18(9-11-19)20(26)12-13-21(27)24-25-22(28)15-30-23-16(2)6-5-7-17(23)3/h5-11H,4,12-15H2,1-3H3,(H,24,27)(H,25,28). The first-order chi connectivity index (χ1) is 14.4. The predicted octanol–water partition coefficient (Wildman–Crippen LogP) is 3.28. The molecule has 0 saturated carbocycles. The number of para-hydroxylation sites is 1. The molecule has 0 bridgehead atoms. The van der Waals surface area contributed by atoms with E-state index in [0.717, 1.165) is 17.5 Å². The number of carbonyl (C=O) groups is 3. The second-order valence-electron chi connectivity index (χ2n) is 6.90. The summed E-state index contributed by atoms with van der Waals surface area (Å²) in [4.78, 5) is 36.0. The average Bonchev–Trinajstić information content (AvgIpc) is 2.74. The Kier molecular flexibility index (Phi) is 8.87. The van der Waals surface area contributed by atoms with Gasteiger partial charge in [-0.3, -0.25) is 25.2 Å². The molecule has 0 aliphatic carbocycles. The molecule has 30 heavy (non-hydrogen) atoms. The molecule has 0 aliphatic heterocycles. The van der Waals surface area contributed by atoms with Crippen molar-refractivity contribution in [3.63, 3.8) is 0 Å². The smallest absolute Gasteiger partial charge is 0.276 e. The number of carbonyl (C=O) groups excluding carboxylic acids is 3. The summed E-state index contributed by atoms with van der Waals surface area (Å²) in [7, 11) is 0. The molecule has 0 heterocycles. The largest absolute Gasteiger partial charge is 0.494 e. The van der Waals surface area contributed by atoms with Gasteiger partial charge in [-0.1, -0.05) is 25.1 Å². The average molecular weight is 412 g/mol. The molecule has 7 nitrogen and oxygen atoms in total. The molecule has 2 amide bonds. The van der Waals surface area contributed by atoms with Crippen LogP contribution in [0, 0.1) is 13.8 Å². The molecular weight excluding hydrogens is 384 g/mol. The molecule has 160 valence electrons. The number of hydrazine groups is 1. The molecule has 0 unspecified atom stereocenters. The van der Waals surface area contributed by atoms with Gasteiger partial charge in [0.1, 0.15) is 11.5 Å². The number of ether oxygens (including phenoxy) is 2. The van der Waals surface area contributed by atoms with Crippen molar-refractivity contribution in [2.75, 3.05) is 13.2 Å². The van der Waals surface area contributed by atoms with Crippen molar-refractivity contribution >= 4 is 17.6 Å². The Morgan fingerprint density at radius 1 is 0.833 bits per heavy atom. The fourth-order valence-corrected chi connectivity index (χ4v) is 2.73. The van der Waals surface area contributed by atoms with Gasteiger partial charge in [0.05, 0.1) is 6.61 Å². The number of Topliss-reactive ketones (excluding diaryl/α,β-unsaturated/α-hetero) is 1. The van der Waals surface area contributed by atoms with Crippen LogP contribution in [0.3, 0.4) is 0 Å². The minimum absolute atomic E-state index is 0.0367. The molecule has 0 saturated heterocycles. The third-order valence-corrected chi connectivity index (χ3v) is 4.33. The Hall–Kier alpha value is -3.35. The quantitative estimate of drug-likeness (QED) is 0.461. The van der Waals surface area contributed by atoms with Crippen molar-refractivity contribution in [3.8, 4) is 11.5 Å². The summed E-state index contributed by atoms with van der Waals surface area (Å²) in [6.45, 7) is 6.20. The zero-order chi connectivity index (χ0) is 21.9. The van der Waals surface area contributed by atoms with Gasteiger partial charge in [-0.2, -0.15) is 0 Å². The third-order valence-electron chi connectivity index (χ3n) is 4.33. The zero-order valence-electron chi connectivity index (χ0n) is 17.6. The van der Waals surface area contributed by atoms with Crippen LogP contribution in [0.4, 0.5) is 0 Å². The highest BCUT2D eigenvalue weighted by atomic mass is 16.5. The van der Waals surface area contributed by atoms with E-state index >= 15 is 0 Å². The summed E-state index contributed by atoms with van der Waals surface area (Å²) in [6.07, 6.45) is 0.907. The Labute approximate surface area is 176 Å². The first-order valence-electron chi connectivity index (χ1n) is 9.93. The number of hydrogen-bond acceptors (Lipinski definition) is 5. The van der Waals surface area contributed by atoms with Gasteiger partial charge in [-0.25, -0.2) is 0 Å². The molecule has 0 radical (unpaired) electrons. The van der Waals surface area contributed by atoms with E-state index in [0.29, 0.717) is 23.7 Å². The normalized spacial score (nSPS) is 10.2. The summed E-state index contributed by atoms with van der Waals surface area (Å²) < 4.78 is 11.0. The van der Waals surface area contributed by atoms with E-state index in [9.17, 15) is 14.4 Å². The highest BCUT2D eigenvalue weighted by Gasteiger charge is 2.11. The van der Waals surface area contributed by atoms with E-state index in [4.69, 9.17) is 9.47 Å². The molecule has 0 aliphatic rings. The predicted molar refractivity (Wildman–Crippen MR) is 113 cm³/mol. The lowest BCUT2D eigenvalue weighted by molar-refractivity contribution is -0.130. The lowest BCUT2D eigenvalue weighted by Crippen LogP contribution is -2.43. The van der Waals surface area contributed by atoms with E-state index < -0.39 is 11.8 Å². The Morgan fingerprint density at radius 2 is 1.47 bits per heavy atom. The van der Waals surface area contributed by atoms with E-state index in [-0.39, 0.29) is 25.2 Å². The molecule has 2 N–H and O–H groups in total. The van der Waals surface area contributed by atoms with Gasteiger partial charge in [0.15, 0.2) is 12.4 Å². The van der Waals surface area contributed by atoms with Crippen molar-refractivity contribution in [1.82, 2.24) is 10.9 Å². The molecule has 0 aromatic heterocycles. The van der Waals surface area contributed by atoms with Crippen LogP contribution in [0.1, 0.15) is 47.7 Å². The number of hydrogen-bond donors (Lipinski definition) is 2. The monoisotopic (exact) mass is 412 g/mol. The van der Waals surface area contributed by atoms with Crippen molar-refractivity contribution in [3.05, 3.63) is 59.2 Å². The summed E-state index contributed by atoms with van der Waals surface area (Å²) in [5, 5.41) is 0. The maximum atomic E-state index is 12.2. The van der Waals surface area contributed by atoms with Crippen molar-refractivity contribution in [2.45, 2.75) is 40.0 Å². The molecule has 2 aromatic carbocycles. The SMILES string of the molecule is CCCOc1ccc(C(=O)CCC(=O)NNC(=O)COc2c(C)cccc2C)cc1. The molecule has 0 atom stereocenters. The van der Waals surface area contributed by atoms with Gasteiger partial charge in [-0.05, 0) is 55.7 Å². The Balaban J connectivity index is 1.70. The number of nitrogens with one attached hydrogen (secondary N) is 2. The van der Waals surface area contributed by atoms with Crippen molar-refractivity contribution in [2.24, 2.45) is 0 Å². The second-order valence-corrected chi connectivity index (χ2v) is 6.90. The number of aryl methyl sites for hydroxylation is 2. The molecule has 0 fully saturated rings. The van der Waals surface area contributed by atoms with E-state index in [1.54, 1.807) is 24.3 Å². The van der Waals surface area contributed by atoms with Crippen molar-refractivity contribution in [1.29, 1.82) is 0 Å². The van der Waals surface area contributed by atoms with Gasteiger partial charge < -0.3 is 9.47 Å². The van der Waals surface area contributed by atoms with Crippen LogP contribution in [-0.2, 0) is 9.59 Å². The highest BCUT2D eigenvalue weighted by Crippen LogP contribution is 2.22. The van der Waals surface area contributed by atoms with E-state index in [1.165, 1.54) is 0 Å². The summed E-state index contributed by atoms with van der Waals surface area (Å²) in [5.74, 6) is 0.260. The van der Waals surface area contributed by atoms with Gasteiger partial charge in [0.25, 0.3) is 5.91 Å². The highest BCUT2D eigenvalue weighted by molar-refractivity contribution is 5.98. The summed E-state index contributed by atoms with van der Waals surface area (Å²) in [6, 6.07) is 12.5. The lowest BCUT2D eigenvalue weighted by atomic mass is 10.1. The van der Waals surface area contributed by atoms with Crippen LogP contribution < -0.4 is 20.3 Å². The zero-order valence-corrected chi connectivity index (χ0v) is 17.6. The van der Waals surface area contributed by atoms with Gasteiger partial charge in [0.2, 0.25) is 5.91 Å². The maximum absolute atomic E-state index is 12.2. The topological polar surface area (TPSA) is 93.7 Å². The fourth-order valence-electron chi connectivity index (χ4n) is 2.73. The third kappa shape index (κ3) is 7.24. The molecule has 2 aromatic rings. The van der Waals surface area contributed by atoms with E-state index in [1.807, 2.05) is 39.0 Å². The lowest BCUT2D eigenvalue weighted by Gasteiger charge is -2.12. The number of ketones is 1. The first-order valence-corrected chi connectivity index (χ1v) is 9.93. The van der Waals surface area contributed by atoms with Crippen LogP contribution in [0.15, 0.2) is 42.5 Å². The van der Waals surface area contributed by atoms with Crippen LogP contribution in [0.5, 0.6) is 11.5 Å². The summed E-state index contributed by atoms with van der Waals surface area (Å²) >= 11 is 0. The van der Waals surface area contributed by atoms with Gasteiger partial charge >= 0.3 is 0 Å². The fraction of sp³-hybridized carbons (Fsp3) is 0.348.